The molecule has 1 fully saturated rings. The van der Waals surface area contributed by atoms with Gasteiger partial charge in [-0.1, -0.05) is 34.6 Å². The minimum absolute atomic E-state index is 0.0329. The zero-order chi connectivity index (χ0) is 20.3. The number of carbonyl (C=O) groups excluding carboxylic acids is 2. The highest BCUT2D eigenvalue weighted by Gasteiger charge is 2.48. The van der Waals surface area contributed by atoms with E-state index < -0.39 is 8.32 Å². The molecule has 0 heterocycles. The van der Waals surface area contributed by atoms with Crippen LogP contribution in [0.1, 0.15) is 67.7 Å². The highest BCUT2D eigenvalue weighted by atomic mass is 28.4. The van der Waals surface area contributed by atoms with E-state index in [1.807, 2.05) is 6.92 Å². The van der Waals surface area contributed by atoms with Gasteiger partial charge < -0.3 is 13.9 Å². The lowest BCUT2D eigenvalue weighted by atomic mass is 9.66. The third kappa shape index (κ3) is 5.81. The molecule has 6 heteroatoms. The molecule has 152 valence electrons. The van der Waals surface area contributed by atoms with Crippen LogP contribution < -0.4 is 0 Å². The van der Waals surface area contributed by atoms with Crippen molar-refractivity contribution in [3.8, 4) is 0 Å². The molecule has 0 amide bonds. The molecule has 0 aromatic heterocycles. The summed E-state index contributed by atoms with van der Waals surface area (Å²) in [6.07, 6.45) is 1.98. The lowest BCUT2D eigenvalue weighted by molar-refractivity contribution is -0.179. The minimum Gasteiger partial charge on any atom is -0.462 e. The van der Waals surface area contributed by atoms with Crippen molar-refractivity contribution in [3.63, 3.8) is 0 Å². The van der Waals surface area contributed by atoms with E-state index in [0.717, 1.165) is 19.3 Å². The van der Waals surface area contributed by atoms with Crippen LogP contribution in [-0.2, 0) is 23.5 Å². The van der Waals surface area contributed by atoms with E-state index in [0.29, 0.717) is 6.61 Å². The van der Waals surface area contributed by atoms with E-state index in [4.69, 9.17) is 13.9 Å². The molecule has 26 heavy (non-hydrogen) atoms. The number of rotatable bonds is 6. The van der Waals surface area contributed by atoms with Gasteiger partial charge in [0.25, 0.3) is 0 Å². The minimum atomic E-state index is -1.81. The van der Waals surface area contributed by atoms with Crippen LogP contribution in [-0.4, -0.2) is 39.1 Å². The summed E-state index contributed by atoms with van der Waals surface area (Å²) in [7, 11) is -1.81. The SMILES string of the molecule is CC(=O)O[C@@H]1[C@@H](C)[C@H](OC(C)=O)CC[C@]1(C)CCO[Si](C)(C)C(C)(C)C. The van der Waals surface area contributed by atoms with Gasteiger partial charge in [-0.3, -0.25) is 9.59 Å². The Balaban J connectivity index is 2.86. The summed E-state index contributed by atoms with van der Waals surface area (Å²) < 4.78 is 17.5. The van der Waals surface area contributed by atoms with Crippen LogP contribution >= 0.6 is 0 Å². The van der Waals surface area contributed by atoms with Gasteiger partial charge >= 0.3 is 11.9 Å². The summed E-state index contributed by atoms with van der Waals surface area (Å²) >= 11 is 0. The van der Waals surface area contributed by atoms with Crippen molar-refractivity contribution in [2.45, 2.75) is 98.1 Å². The fraction of sp³-hybridized carbons (Fsp3) is 0.900. The standard InChI is InChI=1S/C20H38O5Si/c1-14-17(24-15(2)21)10-11-20(7,18(14)25-16(3)22)12-13-23-26(8,9)19(4,5)6/h14,17-18H,10-13H2,1-9H3/t14-,17+,18+,20+/m0/s1. The van der Waals surface area contributed by atoms with E-state index in [1.165, 1.54) is 13.8 Å². The van der Waals surface area contributed by atoms with Crippen molar-refractivity contribution in [2.24, 2.45) is 11.3 Å². The molecular formula is C20H38O5Si. The molecule has 1 aliphatic rings. The van der Waals surface area contributed by atoms with Crippen molar-refractivity contribution >= 4 is 20.3 Å². The van der Waals surface area contributed by atoms with Gasteiger partial charge in [-0.15, -0.1) is 0 Å². The summed E-state index contributed by atoms with van der Waals surface area (Å²) in [6, 6.07) is 0. The van der Waals surface area contributed by atoms with E-state index in [1.54, 1.807) is 0 Å². The largest absolute Gasteiger partial charge is 0.462 e. The highest BCUT2D eigenvalue weighted by molar-refractivity contribution is 6.74. The molecule has 1 rings (SSSR count). The molecule has 1 saturated carbocycles. The van der Waals surface area contributed by atoms with Crippen molar-refractivity contribution in [1.29, 1.82) is 0 Å². The van der Waals surface area contributed by atoms with Gasteiger partial charge in [0.1, 0.15) is 12.2 Å². The average Bonchev–Trinajstić information content (AvgIpc) is 2.45. The fourth-order valence-corrected chi connectivity index (χ4v) is 4.58. The summed E-state index contributed by atoms with van der Waals surface area (Å²) in [4.78, 5) is 23.1. The van der Waals surface area contributed by atoms with Gasteiger partial charge in [0, 0.05) is 31.8 Å². The van der Waals surface area contributed by atoms with Gasteiger partial charge in [0.2, 0.25) is 0 Å². The van der Waals surface area contributed by atoms with E-state index in [2.05, 4.69) is 40.8 Å². The van der Waals surface area contributed by atoms with Crippen molar-refractivity contribution in [1.82, 2.24) is 0 Å². The molecule has 0 spiro atoms. The number of esters is 2. The molecule has 0 radical (unpaired) electrons. The summed E-state index contributed by atoms with van der Waals surface area (Å²) in [5, 5.41) is 0.170. The second-order valence-corrected chi connectivity index (χ2v) is 14.4. The molecule has 5 nitrogen and oxygen atoms in total. The van der Waals surface area contributed by atoms with Crippen LogP contribution in [0.2, 0.25) is 18.1 Å². The van der Waals surface area contributed by atoms with Gasteiger partial charge in [-0.05, 0) is 37.4 Å². The van der Waals surface area contributed by atoms with Crippen LogP contribution in [0, 0.1) is 11.3 Å². The summed E-state index contributed by atoms with van der Waals surface area (Å²) in [5.41, 5.74) is -0.176. The quantitative estimate of drug-likeness (QED) is 0.489. The Morgan fingerprint density at radius 2 is 1.65 bits per heavy atom. The Morgan fingerprint density at radius 1 is 1.12 bits per heavy atom. The first-order valence-corrected chi connectivity index (χ1v) is 12.6. The first kappa shape index (κ1) is 23.2. The molecule has 0 N–H and O–H groups in total. The maximum Gasteiger partial charge on any atom is 0.302 e. The normalized spacial score (nSPS) is 30.0. The Hall–Kier alpha value is -0.883. The smallest absolute Gasteiger partial charge is 0.302 e. The van der Waals surface area contributed by atoms with Crippen LogP contribution in [0.5, 0.6) is 0 Å². The molecule has 4 atom stereocenters. The Labute approximate surface area is 160 Å². The third-order valence-electron chi connectivity index (χ3n) is 6.30. The van der Waals surface area contributed by atoms with Gasteiger partial charge in [-0.2, -0.15) is 0 Å². The number of hydrogen-bond acceptors (Lipinski definition) is 5. The van der Waals surface area contributed by atoms with Gasteiger partial charge in [0.05, 0.1) is 0 Å². The Bertz CT molecular complexity index is 511. The monoisotopic (exact) mass is 386 g/mol. The predicted octanol–water partition coefficient (Wildman–Crippen LogP) is 4.70. The maximum atomic E-state index is 11.7. The number of carbonyl (C=O) groups is 2. The van der Waals surface area contributed by atoms with Gasteiger partial charge in [0.15, 0.2) is 8.32 Å². The first-order chi connectivity index (χ1) is 11.7. The van der Waals surface area contributed by atoms with Crippen LogP contribution in [0.25, 0.3) is 0 Å². The summed E-state index contributed by atoms with van der Waals surface area (Å²) in [5.74, 6) is -0.607. The topological polar surface area (TPSA) is 61.8 Å². The Morgan fingerprint density at radius 3 is 2.12 bits per heavy atom. The number of hydrogen-bond donors (Lipinski definition) is 0. The average molecular weight is 387 g/mol. The number of ether oxygens (including phenoxy) is 2. The second kappa shape index (κ2) is 8.42. The second-order valence-electron chi connectivity index (χ2n) is 9.59. The fourth-order valence-electron chi connectivity index (χ4n) is 3.54. The van der Waals surface area contributed by atoms with E-state index in [9.17, 15) is 9.59 Å². The van der Waals surface area contributed by atoms with Crippen LogP contribution in [0.15, 0.2) is 0 Å². The summed E-state index contributed by atoms with van der Waals surface area (Å²) in [6.45, 7) is 18.9. The molecule has 0 aromatic rings. The van der Waals surface area contributed by atoms with Crippen molar-refractivity contribution < 1.29 is 23.5 Å². The lowest BCUT2D eigenvalue weighted by Gasteiger charge is -2.47. The predicted molar refractivity (Wildman–Crippen MR) is 105 cm³/mol. The first-order valence-electron chi connectivity index (χ1n) is 9.68. The molecule has 0 saturated heterocycles. The third-order valence-corrected chi connectivity index (χ3v) is 10.8. The Kier molecular flexibility index (Phi) is 7.50. The lowest BCUT2D eigenvalue weighted by Crippen LogP contribution is -2.51. The molecule has 0 unspecified atom stereocenters. The van der Waals surface area contributed by atoms with Crippen LogP contribution in [0.4, 0.5) is 0 Å². The molecule has 1 aliphatic carbocycles. The molecule has 0 aliphatic heterocycles. The van der Waals surface area contributed by atoms with Gasteiger partial charge in [-0.25, -0.2) is 0 Å². The molecule has 0 bridgehead atoms. The van der Waals surface area contributed by atoms with E-state index >= 15 is 0 Å². The zero-order valence-corrected chi connectivity index (χ0v) is 19.1. The van der Waals surface area contributed by atoms with Crippen molar-refractivity contribution in [2.75, 3.05) is 6.61 Å². The van der Waals surface area contributed by atoms with E-state index in [-0.39, 0.29) is 40.5 Å². The van der Waals surface area contributed by atoms with Crippen molar-refractivity contribution in [3.05, 3.63) is 0 Å². The zero-order valence-electron chi connectivity index (χ0n) is 18.1. The molecular weight excluding hydrogens is 348 g/mol. The van der Waals surface area contributed by atoms with Crippen LogP contribution in [0.3, 0.4) is 0 Å². The molecule has 0 aromatic carbocycles. The highest BCUT2D eigenvalue weighted by Crippen LogP contribution is 2.45. The maximum absolute atomic E-state index is 11.7.